The molecule has 0 aliphatic carbocycles. The van der Waals surface area contributed by atoms with Gasteiger partial charge < -0.3 is 5.11 Å². The van der Waals surface area contributed by atoms with E-state index in [1.165, 1.54) is 10.8 Å². The molecule has 1 heteroatoms. The second-order valence-corrected chi connectivity index (χ2v) is 4.59. The molecule has 0 saturated heterocycles. The van der Waals surface area contributed by atoms with Crippen molar-refractivity contribution < 1.29 is 5.11 Å². The van der Waals surface area contributed by atoms with Gasteiger partial charge in [-0.25, -0.2) is 0 Å². The third-order valence-electron chi connectivity index (χ3n) is 3.11. The molecule has 2 rings (SSSR count). The van der Waals surface area contributed by atoms with Crippen LogP contribution in [-0.2, 0) is 5.60 Å². The molecule has 0 fully saturated rings. The largest absolute Gasteiger partial charge is 0.385 e. The Bertz CT molecular complexity index is 486. The smallest absolute Gasteiger partial charge is 0.0868 e. The van der Waals surface area contributed by atoms with E-state index in [4.69, 9.17) is 0 Å². The fourth-order valence-electron chi connectivity index (χ4n) is 2.16. The van der Waals surface area contributed by atoms with Crippen LogP contribution >= 0.6 is 0 Å². The topological polar surface area (TPSA) is 20.2 Å². The summed E-state index contributed by atoms with van der Waals surface area (Å²) >= 11 is 0. The van der Waals surface area contributed by atoms with Crippen LogP contribution in [0, 0.1) is 0 Å². The summed E-state index contributed by atoms with van der Waals surface area (Å²) in [5, 5.41) is 12.8. The average Bonchev–Trinajstić information content (AvgIpc) is 2.28. The molecule has 16 heavy (non-hydrogen) atoms. The number of hydrogen-bond donors (Lipinski definition) is 1. The van der Waals surface area contributed by atoms with Crippen LogP contribution in [0.3, 0.4) is 0 Å². The number of rotatable bonds is 3. The summed E-state index contributed by atoms with van der Waals surface area (Å²) < 4.78 is 0. The lowest BCUT2D eigenvalue weighted by atomic mass is 9.90. The SMILES string of the molecule is CCCC(C)(O)c1ccc2ccccc2c1. The van der Waals surface area contributed by atoms with Crippen molar-refractivity contribution in [2.24, 2.45) is 0 Å². The van der Waals surface area contributed by atoms with Gasteiger partial charge in [0, 0.05) is 0 Å². The molecule has 1 N–H and O–H groups in total. The molecule has 0 amide bonds. The lowest BCUT2D eigenvalue weighted by molar-refractivity contribution is 0.0471. The van der Waals surface area contributed by atoms with E-state index in [2.05, 4.69) is 31.2 Å². The van der Waals surface area contributed by atoms with Gasteiger partial charge in [-0.2, -0.15) is 0 Å². The summed E-state index contributed by atoms with van der Waals surface area (Å²) in [6.45, 7) is 3.98. The van der Waals surface area contributed by atoms with Gasteiger partial charge in [-0.05, 0) is 35.7 Å². The number of aliphatic hydroxyl groups is 1. The number of fused-ring (bicyclic) bond motifs is 1. The monoisotopic (exact) mass is 214 g/mol. The zero-order valence-corrected chi connectivity index (χ0v) is 9.90. The molecule has 1 nitrogen and oxygen atoms in total. The zero-order chi connectivity index (χ0) is 11.6. The molecule has 0 aromatic heterocycles. The van der Waals surface area contributed by atoms with E-state index < -0.39 is 5.60 Å². The van der Waals surface area contributed by atoms with Gasteiger partial charge in [-0.3, -0.25) is 0 Å². The Morgan fingerprint density at radius 1 is 1.06 bits per heavy atom. The van der Waals surface area contributed by atoms with Crippen molar-refractivity contribution in [2.45, 2.75) is 32.3 Å². The maximum Gasteiger partial charge on any atom is 0.0868 e. The van der Waals surface area contributed by atoms with Crippen LogP contribution in [0.2, 0.25) is 0 Å². The second kappa shape index (κ2) is 4.26. The van der Waals surface area contributed by atoms with Crippen molar-refractivity contribution in [2.75, 3.05) is 0 Å². The molecule has 2 aromatic carbocycles. The van der Waals surface area contributed by atoms with Crippen LogP contribution in [0.15, 0.2) is 42.5 Å². The minimum Gasteiger partial charge on any atom is -0.385 e. The third kappa shape index (κ3) is 2.10. The van der Waals surface area contributed by atoms with E-state index in [-0.39, 0.29) is 0 Å². The lowest BCUT2D eigenvalue weighted by Crippen LogP contribution is -2.20. The summed E-state index contributed by atoms with van der Waals surface area (Å²) in [4.78, 5) is 0. The standard InChI is InChI=1S/C15H18O/c1-3-10-15(2,16)14-9-8-12-6-4-5-7-13(12)11-14/h4-9,11,16H,3,10H2,1-2H3. The van der Waals surface area contributed by atoms with Crippen molar-refractivity contribution in [1.29, 1.82) is 0 Å². The van der Waals surface area contributed by atoms with Crippen LogP contribution in [0.4, 0.5) is 0 Å². The molecule has 2 aromatic rings. The Kier molecular flexibility index (Phi) is 2.97. The van der Waals surface area contributed by atoms with Crippen LogP contribution in [0.25, 0.3) is 10.8 Å². The highest BCUT2D eigenvalue weighted by molar-refractivity contribution is 5.83. The van der Waals surface area contributed by atoms with Gasteiger partial charge in [0.2, 0.25) is 0 Å². The highest BCUT2D eigenvalue weighted by atomic mass is 16.3. The maximum absolute atomic E-state index is 10.3. The average molecular weight is 214 g/mol. The molecule has 0 radical (unpaired) electrons. The fourth-order valence-corrected chi connectivity index (χ4v) is 2.16. The molecule has 84 valence electrons. The number of benzene rings is 2. The van der Waals surface area contributed by atoms with Crippen molar-refractivity contribution >= 4 is 10.8 Å². The van der Waals surface area contributed by atoms with E-state index in [1.54, 1.807) is 0 Å². The van der Waals surface area contributed by atoms with Crippen LogP contribution < -0.4 is 0 Å². The Hall–Kier alpha value is -1.34. The number of hydrogen-bond acceptors (Lipinski definition) is 1. The van der Waals surface area contributed by atoms with Crippen LogP contribution in [0.5, 0.6) is 0 Å². The van der Waals surface area contributed by atoms with Crippen molar-refractivity contribution in [3.05, 3.63) is 48.0 Å². The minimum absolute atomic E-state index is 0.710. The molecule has 0 aliphatic rings. The van der Waals surface area contributed by atoms with Gasteiger partial charge in [0.1, 0.15) is 0 Å². The lowest BCUT2D eigenvalue weighted by Gasteiger charge is -2.23. The third-order valence-corrected chi connectivity index (χ3v) is 3.11. The first kappa shape index (κ1) is 11.2. The van der Waals surface area contributed by atoms with Gasteiger partial charge in [-0.1, -0.05) is 49.7 Å². The first-order valence-electron chi connectivity index (χ1n) is 5.85. The Balaban J connectivity index is 2.46. The zero-order valence-electron chi connectivity index (χ0n) is 9.90. The van der Waals surface area contributed by atoms with Gasteiger partial charge in [0.15, 0.2) is 0 Å². The molecular formula is C15H18O. The molecule has 1 unspecified atom stereocenters. The predicted molar refractivity (Wildman–Crippen MR) is 68.4 cm³/mol. The molecule has 1 atom stereocenters. The summed E-state index contributed by atoms with van der Waals surface area (Å²) in [5.74, 6) is 0. The van der Waals surface area contributed by atoms with E-state index in [9.17, 15) is 5.11 Å². The van der Waals surface area contributed by atoms with Crippen molar-refractivity contribution in [1.82, 2.24) is 0 Å². The van der Waals surface area contributed by atoms with E-state index in [0.29, 0.717) is 0 Å². The van der Waals surface area contributed by atoms with E-state index in [0.717, 1.165) is 18.4 Å². The summed E-state index contributed by atoms with van der Waals surface area (Å²) in [5.41, 5.74) is 0.298. The Morgan fingerprint density at radius 2 is 1.75 bits per heavy atom. The van der Waals surface area contributed by atoms with Crippen molar-refractivity contribution in [3.8, 4) is 0 Å². The fraction of sp³-hybridized carbons (Fsp3) is 0.333. The first-order chi connectivity index (χ1) is 7.63. The Morgan fingerprint density at radius 3 is 2.44 bits per heavy atom. The minimum atomic E-state index is -0.710. The summed E-state index contributed by atoms with van der Waals surface area (Å²) in [6, 6.07) is 14.4. The normalized spacial score (nSPS) is 14.9. The molecule has 0 heterocycles. The highest BCUT2D eigenvalue weighted by Gasteiger charge is 2.21. The van der Waals surface area contributed by atoms with Gasteiger partial charge in [0.05, 0.1) is 5.60 Å². The summed E-state index contributed by atoms with van der Waals surface area (Å²) in [7, 11) is 0. The highest BCUT2D eigenvalue weighted by Crippen LogP contribution is 2.28. The maximum atomic E-state index is 10.3. The quantitative estimate of drug-likeness (QED) is 0.822. The van der Waals surface area contributed by atoms with Gasteiger partial charge in [0.25, 0.3) is 0 Å². The van der Waals surface area contributed by atoms with Gasteiger partial charge in [-0.15, -0.1) is 0 Å². The molecular weight excluding hydrogens is 196 g/mol. The molecule has 0 saturated carbocycles. The van der Waals surface area contributed by atoms with Crippen LogP contribution in [0.1, 0.15) is 32.3 Å². The molecule has 0 aliphatic heterocycles. The molecule has 0 spiro atoms. The van der Waals surface area contributed by atoms with Gasteiger partial charge >= 0.3 is 0 Å². The van der Waals surface area contributed by atoms with E-state index >= 15 is 0 Å². The second-order valence-electron chi connectivity index (χ2n) is 4.59. The van der Waals surface area contributed by atoms with E-state index in [1.807, 2.05) is 25.1 Å². The molecule has 0 bridgehead atoms. The predicted octanol–water partition coefficient (Wildman–Crippen LogP) is 3.85. The van der Waals surface area contributed by atoms with Crippen LogP contribution in [-0.4, -0.2) is 5.11 Å². The van der Waals surface area contributed by atoms with Crippen molar-refractivity contribution in [3.63, 3.8) is 0 Å². The summed E-state index contributed by atoms with van der Waals surface area (Å²) in [6.07, 6.45) is 1.78. The first-order valence-corrected chi connectivity index (χ1v) is 5.85. The Labute approximate surface area is 96.7 Å².